The van der Waals surface area contributed by atoms with E-state index >= 15 is 0 Å². The maximum atomic E-state index is 12.9. The van der Waals surface area contributed by atoms with Gasteiger partial charge in [-0.15, -0.1) is 0 Å². The molecule has 110 valence electrons. The second kappa shape index (κ2) is 4.83. The number of allylic oxidation sites excluding steroid dienone is 1. The maximum absolute atomic E-state index is 12.9. The molecule has 5 rings (SSSR count). The number of rotatable bonds is 3. The highest BCUT2D eigenvalue weighted by Crippen LogP contribution is 2.60. The highest BCUT2D eigenvalue weighted by molar-refractivity contribution is 5.98. The van der Waals surface area contributed by atoms with E-state index in [1.165, 1.54) is 24.8 Å². The lowest BCUT2D eigenvalue weighted by Gasteiger charge is -2.55. The van der Waals surface area contributed by atoms with Gasteiger partial charge in [0.2, 0.25) is 0 Å². The molecule has 0 saturated heterocycles. The van der Waals surface area contributed by atoms with E-state index < -0.39 is 0 Å². The van der Waals surface area contributed by atoms with Gasteiger partial charge >= 0.3 is 0 Å². The zero-order valence-electron chi connectivity index (χ0n) is 12.8. The van der Waals surface area contributed by atoms with E-state index in [0.29, 0.717) is 5.78 Å². The van der Waals surface area contributed by atoms with Crippen molar-refractivity contribution < 1.29 is 4.79 Å². The van der Waals surface area contributed by atoms with Crippen molar-refractivity contribution in [2.75, 3.05) is 0 Å². The van der Waals surface area contributed by atoms with Crippen LogP contribution in [0.25, 0.3) is 6.08 Å². The average Bonchev–Trinajstić information content (AvgIpc) is 2.45. The Morgan fingerprint density at radius 2 is 1.52 bits per heavy atom. The Morgan fingerprint density at radius 3 is 2.05 bits per heavy atom. The van der Waals surface area contributed by atoms with Gasteiger partial charge in [-0.1, -0.05) is 35.9 Å². The van der Waals surface area contributed by atoms with Gasteiger partial charge < -0.3 is 0 Å². The summed E-state index contributed by atoms with van der Waals surface area (Å²) in [5, 5.41) is 0. The third-order valence-corrected chi connectivity index (χ3v) is 6.07. The van der Waals surface area contributed by atoms with Gasteiger partial charge in [-0.3, -0.25) is 4.79 Å². The van der Waals surface area contributed by atoms with Crippen molar-refractivity contribution in [3.05, 3.63) is 41.5 Å². The summed E-state index contributed by atoms with van der Waals surface area (Å²) in [5.74, 6) is 2.93. The van der Waals surface area contributed by atoms with Gasteiger partial charge in [-0.05, 0) is 74.8 Å². The summed E-state index contributed by atoms with van der Waals surface area (Å²) in [6, 6.07) is 8.40. The van der Waals surface area contributed by atoms with Crippen LogP contribution in [0.4, 0.5) is 0 Å². The van der Waals surface area contributed by atoms with Crippen molar-refractivity contribution in [3.8, 4) is 0 Å². The molecule has 1 nitrogen and oxygen atoms in total. The van der Waals surface area contributed by atoms with Crippen LogP contribution in [0.3, 0.4) is 0 Å². The van der Waals surface area contributed by atoms with Gasteiger partial charge in [0.1, 0.15) is 0 Å². The number of aryl methyl sites for hydroxylation is 1. The van der Waals surface area contributed by atoms with E-state index in [1.807, 2.05) is 12.2 Å². The summed E-state index contributed by atoms with van der Waals surface area (Å²) in [6.45, 7) is 2.09. The normalized spacial score (nSPS) is 37.3. The average molecular weight is 280 g/mol. The first-order valence-electron chi connectivity index (χ1n) is 8.42. The minimum Gasteiger partial charge on any atom is -0.294 e. The van der Waals surface area contributed by atoms with Crippen LogP contribution >= 0.6 is 0 Å². The van der Waals surface area contributed by atoms with Crippen LogP contribution in [-0.4, -0.2) is 5.78 Å². The number of carbonyl (C=O) groups is 1. The minimum atomic E-state index is 0.00987. The highest BCUT2D eigenvalue weighted by atomic mass is 16.1. The second-order valence-electron chi connectivity index (χ2n) is 7.81. The molecule has 0 N–H and O–H groups in total. The molecule has 0 amide bonds. The van der Waals surface area contributed by atoms with E-state index in [0.717, 1.165) is 42.6 Å². The van der Waals surface area contributed by atoms with Gasteiger partial charge in [0.25, 0.3) is 0 Å². The van der Waals surface area contributed by atoms with Crippen LogP contribution in [-0.2, 0) is 4.79 Å². The van der Waals surface area contributed by atoms with Crippen LogP contribution in [0, 0.1) is 30.1 Å². The van der Waals surface area contributed by atoms with E-state index in [4.69, 9.17) is 0 Å². The van der Waals surface area contributed by atoms with Gasteiger partial charge in [-0.25, -0.2) is 0 Å². The zero-order chi connectivity index (χ0) is 14.4. The van der Waals surface area contributed by atoms with Gasteiger partial charge in [-0.2, -0.15) is 0 Å². The molecule has 0 heterocycles. The maximum Gasteiger partial charge on any atom is 0.161 e. The highest BCUT2D eigenvalue weighted by Gasteiger charge is 2.53. The Hall–Kier alpha value is -1.37. The molecule has 4 aliphatic carbocycles. The van der Waals surface area contributed by atoms with Crippen LogP contribution in [0.5, 0.6) is 0 Å². The van der Waals surface area contributed by atoms with E-state index in [-0.39, 0.29) is 5.41 Å². The third-order valence-electron chi connectivity index (χ3n) is 6.07. The number of ketones is 1. The molecule has 0 radical (unpaired) electrons. The van der Waals surface area contributed by atoms with Crippen LogP contribution in [0.1, 0.15) is 49.7 Å². The molecule has 0 aromatic heterocycles. The second-order valence-corrected chi connectivity index (χ2v) is 7.81. The van der Waals surface area contributed by atoms with Crippen molar-refractivity contribution in [3.63, 3.8) is 0 Å². The summed E-state index contributed by atoms with van der Waals surface area (Å²) < 4.78 is 0. The largest absolute Gasteiger partial charge is 0.294 e. The summed E-state index contributed by atoms with van der Waals surface area (Å²) in [6.07, 6.45) is 11.6. The fraction of sp³-hybridized carbons (Fsp3) is 0.550. The Balaban J connectivity index is 1.53. The zero-order valence-corrected chi connectivity index (χ0v) is 12.8. The van der Waals surface area contributed by atoms with Crippen molar-refractivity contribution in [2.24, 2.45) is 23.2 Å². The van der Waals surface area contributed by atoms with Gasteiger partial charge in [0, 0.05) is 5.41 Å². The predicted molar refractivity (Wildman–Crippen MR) is 85.8 cm³/mol. The van der Waals surface area contributed by atoms with E-state index in [2.05, 4.69) is 31.2 Å². The Labute approximate surface area is 127 Å². The quantitative estimate of drug-likeness (QED) is 0.727. The standard InChI is InChI=1S/C20H24O/c1-14-2-4-15(5-3-14)6-7-19(21)20-11-16-8-17(12-20)10-18(9-16)13-20/h2-7,16-18H,8-13H2,1H3/b7-6+. The number of carbonyl (C=O) groups excluding carboxylic acids is 1. The lowest BCUT2D eigenvalue weighted by molar-refractivity contribution is -0.138. The van der Waals surface area contributed by atoms with Crippen LogP contribution in [0.2, 0.25) is 0 Å². The van der Waals surface area contributed by atoms with Gasteiger partial charge in [0.15, 0.2) is 5.78 Å². The van der Waals surface area contributed by atoms with Crippen molar-refractivity contribution in [1.29, 1.82) is 0 Å². The molecule has 0 spiro atoms. The number of hydrogen-bond acceptors (Lipinski definition) is 1. The predicted octanol–water partition coefficient (Wildman–Crippen LogP) is 4.79. The first-order chi connectivity index (χ1) is 10.1. The third kappa shape index (κ3) is 2.37. The summed E-state index contributed by atoms with van der Waals surface area (Å²) in [4.78, 5) is 12.9. The Morgan fingerprint density at radius 1 is 1.00 bits per heavy atom. The fourth-order valence-corrected chi connectivity index (χ4v) is 5.44. The number of hydrogen-bond donors (Lipinski definition) is 0. The van der Waals surface area contributed by atoms with Crippen molar-refractivity contribution in [1.82, 2.24) is 0 Å². The SMILES string of the molecule is Cc1ccc(/C=C/C(=O)C23CC4CC(CC(C4)C2)C3)cc1. The first kappa shape index (κ1) is 13.3. The monoisotopic (exact) mass is 280 g/mol. The van der Waals surface area contributed by atoms with Crippen molar-refractivity contribution in [2.45, 2.75) is 45.4 Å². The molecule has 1 aromatic rings. The molecular weight excluding hydrogens is 256 g/mol. The van der Waals surface area contributed by atoms with Gasteiger partial charge in [0.05, 0.1) is 0 Å². The molecule has 1 aromatic carbocycles. The van der Waals surface area contributed by atoms with E-state index in [1.54, 1.807) is 0 Å². The summed E-state index contributed by atoms with van der Waals surface area (Å²) in [7, 11) is 0. The lowest BCUT2D eigenvalue weighted by atomic mass is 9.48. The summed E-state index contributed by atoms with van der Waals surface area (Å²) in [5.41, 5.74) is 2.41. The number of benzene rings is 1. The lowest BCUT2D eigenvalue weighted by Crippen LogP contribution is -2.49. The molecule has 4 bridgehead atoms. The summed E-state index contributed by atoms with van der Waals surface area (Å²) >= 11 is 0. The van der Waals surface area contributed by atoms with Crippen molar-refractivity contribution >= 4 is 11.9 Å². The fourth-order valence-electron chi connectivity index (χ4n) is 5.44. The Kier molecular flexibility index (Phi) is 3.06. The van der Waals surface area contributed by atoms with Crippen LogP contribution in [0.15, 0.2) is 30.3 Å². The molecule has 0 unspecified atom stereocenters. The topological polar surface area (TPSA) is 17.1 Å². The van der Waals surface area contributed by atoms with Crippen LogP contribution < -0.4 is 0 Å². The molecule has 1 heteroatoms. The molecule has 21 heavy (non-hydrogen) atoms. The molecule has 4 aliphatic rings. The molecule has 0 aliphatic heterocycles. The van der Waals surface area contributed by atoms with E-state index in [9.17, 15) is 4.79 Å². The molecule has 0 atom stereocenters. The molecule has 4 fully saturated rings. The smallest absolute Gasteiger partial charge is 0.161 e. The first-order valence-corrected chi connectivity index (χ1v) is 8.42. The minimum absolute atomic E-state index is 0.00987. The molecule has 4 saturated carbocycles. The molecular formula is C20H24O. The Bertz CT molecular complexity index is 543.